The Bertz CT molecular complexity index is 1190. The van der Waals surface area contributed by atoms with Crippen molar-refractivity contribution in [2.45, 2.75) is 20.8 Å². The molecule has 1 aromatic carbocycles. The van der Waals surface area contributed by atoms with Crippen molar-refractivity contribution < 1.29 is 9.53 Å². The summed E-state index contributed by atoms with van der Waals surface area (Å²) < 4.78 is 7.60. The monoisotopic (exact) mass is 401 g/mol. The van der Waals surface area contributed by atoms with E-state index in [-0.39, 0.29) is 11.6 Å². The minimum atomic E-state index is -0.336. The van der Waals surface area contributed by atoms with Gasteiger partial charge in [0.15, 0.2) is 5.82 Å². The molecule has 3 aromatic heterocycles. The summed E-state index contributed by atoms with van der Waals surface area (Å²) in [5, 5.41) is 7.27. The van der Waals surface area contributed by atoms with E-state index in [2.05, 4.69) is 30.4 Å². The fraction of sp³-hybridized carbons (Fsp3) is 0.143. The molecule has 0 saturated carbocycles. The lowest BCUT2D eigenvalue weighted by Crippen LogP contribution is -2.13. The van der Waals surface area contributed by atoms with Crippen molar-refractivity contribution in [2.24, 2.45) is 0 Å². The van der Waals surface area contributed by atoms with E-state index >= 15 is 0 Å². The number of rotatable bonds is 5. The van der Waals surface area contributed by atoms with E-state index in [1.165, 1.54) is 24.9 Å². The molecule has 150 valence electrons. The zero-order chi connectivity index (χ0) is 21.1. The SMILES string of the molecule is Cc1nn(-c2cc(Oc3ccc(NC(=O)c4cnccn4)cc3)ncn2)c(C)c1C. The molecule has 4 aromatic rings. The molecule has 4 rings (SSSR count). The average Bonchev–Trinajstić information content (AvgIpc) is 3.03. The van der Waals surface area contributed by atoms with Crippen molar-refractivity contribution in [1.82, 2.24) is 29.7 Å². The van der Waals surface area contributed by atoms with Gasteiger partial charge in [0.25, 0.3) is 5.91 Å². The molecule has 0 spiro atoms. The van der Waals surface area contributed by atoms with Crippen molar-refractivity contribution in [1.29, 1.82) is 0 Å². The quantitative estimate of drug-likeness (QED) is 0.546. The number of ether oxygens (including phenoxy) is 1. The molecule has 0 bridgehead atoms. The number of benzene rings is 1. The number of carbonyl (C=O) groups is 1. The van der Waals surface area contributed by atoms with E-state index in [0.717, 1.165) is 17.0 Å². The average molecular weight is 401 g/mol. The second-order valence-electron chi connectivity index (χ2n) is 6.59. The Balaban J connectivity index is 1.47. The first-order chi connectivity index (χ1) is 14.5. The van der Waals surface area contributed by atoms with Gasteiger partial charge in [-0.05, 0) is 50.6 Å². The predicted molar refractivity (Wildman–Crippen MR) is 110 cm³/mol. The van der Waals surface area contributed by atoms with Crippen LogP contribution in [-0.4, -0.2) is 35.6 Å². The highest BCUT2D eigenvalue weighted by atomic mass is 16.5. The summed E-state index contributed by atoms with van der Waals surface area (Å²) in [6.45, 7) is 5.98. The Hall–Kier alpha value is -4.14. The summed E-state index contributed by atoms with van der Waals surface area (Å²) in [5.41, 5.74) is 3.94. The van der Waals surface area contributed by atoms with Crippen LogP contribution in [0.25, 0.3) is 5.82 Å². The number of nitrogens with zero attached hydrogens (tertiary/aromatic N) is 6. The number of hydrogen-bond acceptors (Lipinski definition) is 7. The van der Waals surface area contributed by atoms with Gasteiger partial charge in [0.2, 0.25) is 5.88 Å². The summed E-state index contributed by atoms with van der Waals surface area (Å²) in [6.07, 6.45) is 5.82. The first kappa shape index (κ1) is 19.2. The normalized spacial score (nSPS) is 10.6. The molecule has 30 heavy (non-hydrogen) atoms. The molecule has 0 aliphatic carbocycles. The zero-order valence-electron chi connectivity index (χ0n) is 16.7. The third-order valence-corrected chi connectivity index (χ3v) is 4.63. The van der Waals surface area contributed by atoms with Gasteiger partial charge in [-0.3, -0.25) is 9.78 Å². The number of aromatic nitrogens is 6. The molecule has 0 fully saturated rings. The molecule has 0 unspecified atom stereocenters. The van der Waals surface area contributed by atoms with Gasteiger partial charge in [-0.2, -0.15) is 5.10 Å². The molecule has 0 atom stereocenters. The summed E-state index contributed by atoms with van der Waals surface area (Å²) in [6, 6.07) is 8.66. The lowest BCUT2D eigenvalue weighted by atomic mass is 10.2. The van der Waals surface area contributed by atoms with E-state index in [0.29, 0.717) is 23.1 Å². The van der Waals surface area contributed by atoms with Gasteiger partial charge in [0.05, 0.1) is 11.9 Å². The Morgan fingerprint density at radius 3 is 2.50 bits per heavy atom. The number of aryl methyl sites for hydroxylation is 1. The van der Waals surface area contributed by atoms with E-state index in [9.17, 15) is 4.79 Å². The summed E-state index contributed by atoms with van der Waals surface area (Å²) in [4.78, 5) is 28.5. The molecule has 0 aliphatic rings. The summed E-state index contributed by atoms with van der Waals surface area (Å²) in [5.74, 6) is 1.25. The van der Waals surface area contributed by atoms with E-state index in [1.54, 1.807) is 35.0 Å². The second kappa shape index (κ2) is 8.08. The number of hydrogen-bond donors (Lipinski definition) is 1. The highest BCUT2D eigenvalue weighted by molar-refractivity contribution is 6.02. The van der Waals surface area contributed by atoms with Crippen LogP contribution >= 0.6 is 0 Å². The van der Waals surface area contributed by atoms with Gasteiger partial charge in [0, 0.05) is 29.8 Å². The topological polar surface area (TPSA) is 108 Å². The summed E-state index contributed by atoms with van der Waals surface area (Å²) in [7, 11) is 0. The first-order valence-corrected chi connectivity index (χ1v) is 9.22. The van der Waals surface area contributed by atoms with Crippen LogP contribution in [0.2, 0.25) is 0 Å². The molecule has 9 nitrogen and oxygen atoms in total. The lowest BCUT2D eigenvalue weighted by molar-refractivity contribution is 0.102. The molecule has 9 heteroatoms. The number of nitrogens with one attached hydrogen (secondary N) is 1. The Morgan fingerprint density at radius 1 is 1.03 bits per heavy atom. The van der Waals surface area contributed by atoms with Crippen LogP contribution < -0.4 is 10.1 Å². The number of anilines is 1. The molecule has 3 heterocycles. The van der Waals surface area contributed by atoms with E-state index in [4.69, 9.17) is 4.74 Å². The molecular weight excluding hydrogens is 382 g/mol. The Kier molecular flexibility index (Phi) is 5.17. The second-order valence-corrected chi connectivity index (χ2v) is 6.59. The molecular formula is C21H19N7O2. The van der Waals surface area contributed by atoms with Crippen molar-refractivity contribution >= 4 is 11.6 Å². The van der Waals surface area contributed by atoms with Crippen LogP contribution in [0.4, 0.5) is 5.69 Å². The number of carbonyl (C=O) groups excluding carboxylic acids is 1. The van der Waals surface area contributed by atoms with Gasteiger partial charge in [0.1, 0.15) is 17.8 Å². The third kappa shape index (κ3) is 4.00. The van der Waals surface area contributed by atoms with Gasteiger partial charge < -0.3 is 10.1 Å². The fourth-order valence-electron chi connectivity index (χ4n) is 2.78. The Labute approximate surface area is 172 Å². The van der Waals surface area contributed by atoms with Crippen LogP contribution in [0, 0.1) is 20.8 Å². The molecule has 0 radical (unpaired) electrons. The fourth-order valence-corrected chi connectivity index (χ4v) is 2.78. The maximum Gasteiger partial charge on any atom is 0.275 e. The van der Waals surface area contributed by atoms with Crippen molar-refractivity contribution in [3.05, 3.63) is 77.9 Å². The molecule has 1 N–H and O–H groups in total. The van der Waals surface area contributed by atoms with Crippen LogP contribution in [0.5, 0.6) is 11.6 Å². The highest BCUT2D eigenvalue weighted by Crippen LogP contribution is 2.23. The highest BCUT2D eigenvalue weighted by Gasteiger charge is 2.12. The van der Waals surface area contributed by atoms with E-state index < -0.39 is 0 Å². The maximum atomic E-state index is 12.1. The third-order valence-electron chi connectivity index (χ3n) is 4.63. The maximum absolute atomic E-state index is 12.1. The minimum absolute atomic E-state index is 0.241. The molecule has 0 aliphatic heterocycles. The van der Waals surface area contributed by atoms with Gasteiger partial charge >= 0.3 is 0 Å². The lowest BCUT2D eigenvalue weighted by Gasteiger charge is -2.09. The smallest absolute Gasteiger partial charge is 0.275 e. The summed E-state index contributed by atoms with van der Waals surface area (Å²) >= 11 is 0. The Morgan fingerprint density at radius 2 is 1.83 bits per heavy atom. The predicted octanol–water partition coefficient (Wildman–Crippen LogP) is 3.42. The first-order valence-electron chi connectivity index (χ1n) is 9.22. The molecule has 0 saturated heterocycles. The van der Waals surface area contributed by atoms with Gasteiger partial charge in [-0.1, -0.05) is 0 Å². The molecule has 1 amide bonds. The van der Waals surface area contributed by atoms with Crippen LogP contribution in [0.3, 0.4) is 0 Å². The number of amides is 1. The van der Waals surface area contributed by atoms with Crippen LogP contribution in [0.1, 0.15) is 27.4 Å². The van der Waals surface area contributed by atoms with Crippen LogP contribution in [-0.2, 0) is 0 Å². The zero-order valence-corrected chi connectivity index (χ0v) is 16.7. The largest absolute Gasteiger partial charge is 0.439 e. The van der Waals surface area contributed by atoms with Crippen molar-refractivity contribution in [2.75, 3.05) is 5.32 Å². The minimum Gasteiger partial charge on any atom is -0.439 e. The van der Waals surface area contributed by atoms with Gasteiger partial charge in [-0.25, -0.2) is 19.6 Å². The van der Waals surface area contributed by atoms with Gasteiger partial charge in [-0.15, -0.1) is 0 Å². The van der Waals surface area contributed by atoms with Crippen LogP contribution in [0.15, 0.2) is 55.2 Å². The standard InChI is InChI=1S/C21H19N7O2/c1-13-14(2)27-28(15(13)3)19-10-20(25-12-24-19)30-17-6-4-16(5-7-17)26-21(29)18-11-22-8-9-23-18/h4-12H,1-3H3,(H,26,29). The van der Waals surface area contributed by atoms with E-state index in [1.807, 2.05) is 20.8 Å². The van der Waals surface area contributed by atoms with Crippen molar-refractivity contribution in [3.63, 3.8) is 0 Å². The van der Waals surface area contributed by atoms with Crippen molar-refractivity contribution in [3.8, 4) is 17.4 Å².